The van der Waals surface area contributed by atoms with E-state index < -0.39 is 0 Å². The molecule has 0 bridgehead atoms. The minimum Gasteiger partial charge on any atom is -0.508 e. The predicted molar refractivity (Wildman–Crippen MR) is 88.2 cm³/mol. The van der Waals surface area contributed by atoms with E-state index in [0.29, 0.717) is 5.75 Å². The maximum atomic E-state index is 9.84. The third kappa shape index (κ3) is 6.66. The zero-order valence-corrected chi connectivity index (χ0v) is 14.7. The molecule has 1 nitrogen and oxygen atoms in total. The van der Waals surface area contributed by atoms with E-state index >= 15 is 0 Å². The van der Waals surface area contributed by atoms with Crippen molar-refractivity contribution in [3.63, 3.8) is 0 Å². The van der Waals surface area contributed by atoms with Crippen molar-refractivity contribution < 1.29 is 5.11 Å². The van der Waals surface area contributed by atoms with Crippen molar-refractivity contribution >= 4 is 0 Å². The maximum Gasteiger partial charge on any atom is 0.119 e. The summed E-state index contributed by atoms with van der Waals surface area (Å²) in [7, 11) is 0. The van der Waals surface area contributed by atoms with E-state index in [-0.39, 0.29) is 10.8 Å². The highest BCUT2D eigenvalue weighted by molar-refractivity contribution is 5.42. The van der Waals surface area contributed by atoms with Crippen LogP contribution in [-0.2, 0) is 10.8 Å². The SMILES string of the molecule is CC.CC.CC(C)(C)c1ccc(O)c(C(C)(C)C)c1. The number of phenols is 1. The van der Waals surface area contributed by atoms with Gasteiger partial charge < -0.3 is 5.11 Å². The summed E-state index contributed by atoms with van der Waals surface area (Å²) in [5.74, 6) is 0.399. The third-order valence-corrected chi connectivity index (χ3v) is 2.67. The second-order valence-electron chi connectivity index (χ2n) is 6.23. The highest BCUT2D eigenvalue weighted by Gasteiger charge is 2.21. The largest absolute Gasteiger partial charge is 0.508 e. The van der Waals surface area contributed by atoms with E-state index in [1.807, 2.05) is 33.8 Å². The fraction of sp³-hybridized carbons (Fsp3) is 0.667. The molecule has 0 aromatic heterocycles. The van der Waals surface area contributed by atoms with Crippen LogP contribution in [0, 0.1) is 0 Å². The molecule has 112 valence electrons. The number of benzene rings is 1. The number of hydrogen-bond acceptors (Lipinski definition) is 1. The number of hydrogen-bond donors (Lipinski definition) is 1. The van der Waals surface area contributed by atoms with Crippen LogP contribution in [0.5, 0.6) is 5.75 Å². The van der Waals surface area contributed by atoms with E-state index in [1.54, 1.807) is 6.07 Å². The fourth-order valence-electron chi connectivity index (χ4n) is 1.60. The monoisotopic (exact) mass is 266 g/mol. The summed E-state index contributed by atoms with van der Waals surface area (Å²) in [6, 6.07) is 5.93. The smallest absolute Gasteiger partial charge is 0.119 e. The average molecular weight is 266 g/mol. The lowest BCUT2D eigenvalue weighted by atomic mass is 9.80. The Kier molecular flexibility index (Phi) is 8.82. The zero-order chi connectivity index (χ0) is 15.9. The summed E-state index contributed by atoms with van der Waals surface area (Å²) in [6.07, 6.45) is 0. The number of phenolic OH excluding ortho intramolecular Hbond substituents is 1. The first kappa shape index (κ1) is 20.3. The number of aromatic hydroxyl groups is 1. The molecule has 0 heterocycles. The fourth-order valence-corrected chi connectivity index (χ4v) is 1.60. The second-order valence-corrected chi connectivity index (χ2v) is 6.23. The van der Waals surface area contributed by atoms with Crippen LogP contribution in [0.4, 0.5) is 0 Å². The molecule has 0 atom stereocenters. The van der Waals surface area contributed by atoms with Gasteiger partial charge in [-0.05, 0) is 28.0 Å². The van der Waals surface area contributed by atoms with Crippen molar-refractivity contribution in [3.05, 3.63) is 29.3 Å². The first-order valence-corrected chi connectivity index (χ1v) is 7.46. The van der Waals surface area contributed by atoms with Gasteiger partial charge in [0.25, 0.3) is 0 Å². The normalized spacial score (nSPS) is 10.8. The average Bonchev–Trinajstić information content (AvgIpc) is 2.32. The first-order chi connectivity index (χ1) is 8.62. The number of rotatable bonds is 0. The Balaban J connectivity index is 0. The van der Waals surface area contributed by atoms with Crippen LogP contribution in [0.2, 0.25) is 0 Å². The van der Waals surface area contributed by atoms with Gasteiger partial charge in [-0.2, -0.15) is 0 Å². The molecule has 0 aliphatic carbocycles. The molecule has 19 heavy (non-hydrogen) atoms. The highest BCUT2D eigenvalue weighted by Crippen LogP contribution is 2.34. The Labute approximate surface area is 121 Å². The van der Waals surface area contributed by atoms with Gasteiger partial charge in [0.1, 0.15) is 5.75 Å². The quantitative estimate of drug-likeness (QED) is 0.607. The first-order valence-electron chi connectivity index (χ1n) is 7.46. The predicted octanol–water partition coefficient (Wildman–Crippen LogP) is 6.04. The lowest BCUT2D eigenvalue weighted by molar-refractivity contribution is 0.444. The van der Waals surface area contributed by atoms with E-state index in [0.717, 1.165) is 5.56 Å². The van der Waals surface area contributed by atoms with Gasteiger partial charge in [-0.15, -0.1) is 0 Å². The molecule has 0 saturated heterocycles. The molecule has 1 aromatic rings. The molecule has 1 rings (SSSR count). The molecule has 1 heteroatoms. The second kappa shape index (κ2) is 8.24. The molecule has 0 aliphatic rings. The summed E-state index contributed by atoms with van der Waals surface area (Å²) in [5, 5.41) is 9.84. The minimum atomic E-state index is -0.00859. The van der Waals surface area contributed by atoms with Crippen LogP contribution in [0.25, 0.3) is 0 Å². The van der Waals surface area contributed by atoms with Crippen LogP contribution in [-0.4, -0.2) is 5.11 Å². The lowest BCUT2D eigenvalue weighted by Crippen LogP contribution is -2.16. The topological polar surface area (TPSA) is 20.2 Å². The summed E-state index contributed by atoms with van der Waals surface area (Å²) in [5.41, 5.74) is 2.42. The van der Waals surface area contributed by atoms with Crippen LogP contribution in [0.3, 0.4) is 0 Å². The Morgan fingerprint density at radius 2 is 1.16 bits per heavy atom. The van der Waals surface area contributed by atoms with Gasteiger partial charge in [-0.3, -0.25) is 0 Å². The molecular formula is C18H34O. The lowest BCUT2D eigenvalue weighted by Gasteiger charge is -2.25. The van der Waals surface area contributed by atoms with E-state index in [2.05, 4.69) is 47.6 Å². The van der Waals surface area contributed by atoms with Crippen molar-refractivity contribution in [1.82, 2.24) is 0 Å². The standard InChI is InChI=1S/C14H22O.2C2H6/c1-13(2,3)10-7-8-12(15)11(9-10)14(4,5)6;2*1-2/h7-9,15H,1-6H3;2*1-2H3. The Bertz CT molecular complexity index is 351. The minimum absolute atomic E-state index is 0.00859. The van der Waals surface area contributed by atoms with Crippen LogP contribution in [0.1, 0.15) is 80.4 Å². The highest BCUT2D eigenvalue weighted by atomic mass is 16.3. The maximum absolute atomic E-state index is 9.84. The zero-order valence-electron chi connectivity index (χ0n) is 14.7. The molecule has 1 N–H and O–H groups in total. The Morgan fingerprint density at radius 1 is 0.737 bits per heavy atom. The third-order valence-electron chi connectivity index (χ3n) is 2.67. The van der Waals surface area contributed by atoms with Crippen LogP contribution < -0.4 is 0 Å². The molecule has 0 unspecified atom stereocenters. The van der Waals surface area contributed by atoms with Gasteiger partial charge in [0.2, 0.25) is 0 Å². The molecule has 0 spiro atoms. The molecule has 0 fully saturated rings. The van der Waals surface area contributed by atoms with Crippen LogP contribution in [0.15, 0.2) is 18.2 Å². The van der Waals surface area contributed by atoms with Gasteiger partial charge in [-0.25, -0.2) is 0 Å². The van der Waals surface area contributed by atoms with E-state index in [9.17, 15) is 5.11 Å². The van der Waals surface area contributed by atoms with Gasteiger partial charge >= 0.3 is 0 Å². The van der Waals surface area contributed by atoms with E-state index in [4.69, 9.17) is 0 Å². The molecular weight excluding hydrogens is 232 g/mol. The summed E-state index contributed by atoms with van der Waals surface area (Å²) in [6.45, 7) is 20.9. The van der Waals surface area contributed by atoms with Gasteiger partial charge in [0.05, 0.1) is 0 Å². The van der Waals surface area contributed by atoms with Gasteiger partial charge in [0.15, 0.2) is 0 Å². The van der Waals surface area contributed by atoms with Crippen molar-refractivity contribution in [2.45, 2.75) is 80.1 Å². The van der Waals surface area contributed by atoms with Crippen molar-refractivity contribution in [2.24, 2.45) is 0 Å². The molecule has 0 amide bonds. The Hall–Kier alpha value is -0.980. The van der Waals surface area contributed by atoms with Gasteiger partial charge in [-0.1, -0.05) is 81.4 Å². The van der Waals surface area contributed by atoms with Crippen LogP contribution >= 0.6 is 0 Å². The Morgan fingerprint density at radius 3 is 1.47 bits per heavy atom. The van der Waals surface area contributed by atoms with Gasteiger partial charge in [0, 0.05) is 0 Å². The molecule has 1 aromatic carbocycles. The van der Waals surface area contributed by atoms with Crippen molar-refractivity contribution in [3.8, 4) is 5.75 Å². The van der Waals surface area contributed by atoms with Crippen molar-refractivity contribution in [2.75, 3.05) is 0 Å². The van der Waals surface area contributed by atoms with E-state index in [1.165, 1.54) is 5.56 Å². The summed E-state index contributed by atoms with van der Waals surface area (Å²) >= 11 is 0. The molecule has 0 saturated carbocycles. The summed E-state index contributed by atoms with van der Waals surface area (Å²) in [4.78, 5) is 0. The molecule has 0 radical (unpaired) electrons. The molecule has 0 aliphatic heterocycles. The van der Waals surface area contributed by atoms with Crippen molar-refractivity contribution in [1.29, 1.82) is 0 Å². The summed E-state index contributed by atoms with van der Waals surface area (Å²) < 4.78 is 0.